The van der Waals surface area contributed by atoms with Crippen molar-refractivity contribution in [1.82, 2.24) is 9.80 Å². The second-order valence-electron chi connectivity index (χ2n) is 5.34. The maximum absolute atomic E-state index is 12.2. The molecule has 1 aromatic rings. The molecule has 0 atom stereocenters. The topological polar surface area (TPSA) is 23.6 Å². The summed E-state index contributed by atoms with van der Waals surface area (Å²) in [7, 11) is 0. The van der Waals surface area contributed by atoms with Gasteiger partial charge in [-0.2, -0.15) is 0 Å². The van der Waals surface area contributed by atoms with Crippen LogP contribution in [0.2, 0.25) is 0 Å². The summed E-state index contributed by atoms with van der Waals surface area (Å²) in [6.07, 6.45) is 0. The molecule has 0 saturated carbocycles. The first-order valence-electron chi connectivity index (χ1n) is 6.81. The van der Waals surface area contributed by atoms with Crippen molar-refractivity contribution in [3.63, 3.8) is 0 Å². The normalized spacial score (nSPS) is 17.9. The van der Waals surface area contributed by atoms with Crippen LogP contribution in [-0.2, 0) is 0 Å². The summed E-state index contributed by atoms with van der Waals surface area (Å²) >= 11 is 2.26. The van der Waals surface area contributed by atoms with Gasteiger partial charge >= 0.3 is 0 Å². The summed E-state index contributed by atoms with van der Waals surface area (Å²) in [6.45, 7) is 9.13. The van der Waals surface area contributed by atoms with E-state index in [2.05, 4.69) is 46.2 Å². The van der Waals surface area contributed by atoms with Gasteiger partial charge in [-0.3, -0.25) is 14.6 Å². The van der Waals surface area contributed by atoms with Crippen LogP contribution in [0.1, 0.15) is 24.2 Å². The summed E-state index contributed by atoms with van der Waals surface area (Å²) < 4.78 is 1.17. The molecular formula is C15H21IN2O. The first-order valence-corrected chi connectivity index (χ1v) is 7.89. The van der Waals surface area contributed by atoms with Crippen molar-refractivity contribution in [2.75, 3.05) is 32.7 Å². The molecule has 2 rings (SSSR count). The molecule has 0 bridgehead atoms. The summed E-state index contributed by atoms with van der Waals surface area (Å²) in [5, 5.41) is 0. The van der Waals surface area contributed by atoms with Gasteiger partial charge in [-0.05, 0) is 48.6 Å². The lowest BCUT2D eigenvalue weighted by molar-refractivity contribution is 0.0807. The van der Waals surface area contributed by atoms with Crippen molar-refractivity contribution in [3.05, 3.63) is 33.4 Å². The minimum atomic E-state index is 0.231. The summed E-state index contributed by atoms with van der Waals surface area (Å²) in [6, 6.07) is 8.44. The van der Waals surface area contributed by atoms with E-state index in [9.17, 15) is 4.79 Å². The van der Waals surface area contributed by atoms with Crippen molar-refractivity contribution in [1.29, 1.82) is 0 Å². The van der Waals surface area contributed by atoms with Gasteiger partial charge in [-0.1, -0.05) is 12.1 Å². The molecule has 1 aromatic carbocycles. The predicted octanol–water partition coefficient (Wildman–Crippen LogP) is 2.50. The third-order valence-corrected chi connectivity index (χ3v) is 4.39. The lowest BCUT2D eigenvalue weighted by Gasteiger charge is -2.36. The number of carbonyl (C=O) groups is 1. The molecule has 1 aliphatic heterocycles. The fraction of sp³-hybridized carbons (Fsp3) is 0.533. The van der Waals surface area contributed by atoms with Gasteiger partial charge in [0, 0.05) is 41.4 Å². The third-order valence-electron chi connectivity index (χ3n) is 3.67. The number of rotatable bonds is 4. The molecular weight excluding hydrogens is 351 g/mol. The second-order valence-corrected chi connectivity index (χ2v) is 6.58. The van der Waals surface area contributed by atoms with Crippen LogP contribution in [0.5, 0.6) is 0 Å². The minimum absolute atomic E-state index is 0.231. The number of Topliss-reactive ketones (excluding diaryl/α,β-unsaturated/α-hetero) is 1. The Labute approximate surface area is 129 Å². The van der Waals surface area contributed by atoms with Gasteiger partial charge in [-0.25, -0.2) is 0 Å². The number of piperazine rings is 1. The highest BCUT2D eigenvalue weighted by Gasteiger charge is 2.20. The zero-order valence-electron chi connectivity index (χ0n) is 11.6. The maximum Gasteiger partial charge on any atom is 0.176 e. The predicted molar refractivity (Wildman–Crippen MR) is 86.6 cm³/mol. The Kier molecular flexibility index (Phi) is 5.36. The highest BCUT2D eigenvalue weighted by Crippen LogP contribution is 2.10. The van der Waals surface area contributed by atoms with Gasteiger partial charge in [0.2, 0.25) is 0 Å². The Balaban J connectivity index is 1.85. The van der Waals surface area contributed by atoms with Crippen molar-refractivity contribution < 1.29 is 4.79 Å². The molecule has 19 heavy (non-hydrogen) atoms. The number of nitrogens with zero attached hydrogens (tertiary/aromatic N) is 2. The van der Waals surface area contributed by atoms with E-state index < -0.39 is 0 Å². The highest BCUT2D eigenvalue weighted by atomic mass is 127. The smallest absolute Gasteiger partial charge is 0.176 e. The van der Waals surface area contributed by atoms with E-state index >= 15 is 0 Å². The number of hydrogen-bond donors (Lipinski definition) is 0. The van der Waals surface area contributed by atoms with Crippen LogP contribution >= 0.6 is 22.6 Å². The Morgan fingerprint density at radius 2 is 1.74 bits per heavy atom. The molecule has 0 aromatic heterocycles. The molecule has 0 unspecified atom stereocenters. The molecule has 4 heteroatoms. The SMILES string of the molecule is CC(C)N1CCN(CC(=O)c2ccc(I)cc2)CC1. The Morgan fingerprint density at radius 3 is 2.26 bits per heavy atom. The molecule has 1 heterocycles. The summed E-state index contributed by atoms with van der Waals surface area (Å²) in [5.41, 5.74) is 0.826. The lowest BCUT2D eigenvalue weighted by atomic mass is 10.1. The first kappa shape index (κ1) is 14.9. The number of halogens is 1. The molecule has 104 valence electrons. The van der Waals surface area contributed by atoms with Gasteiger partial charge in [0.25, 0.3) is 0 Å². The van der Waals surface area contributed by atoms with E-state index in [0.717, 1.165) is 31.7 Å². The molecule has 0 spiro atoms. The van der Waals surface area contributed by atoms with E-state index in [1.54, 1.807) is 0 Å². The largest absolute Gasteiger partial charge is 0.298 e. The average molecular weight is 372 g/mol. The van der Waals surface area contributed by atoms with Crippen LogP contribution in [0.25, 0.3) is 0 Å². The zero-order valence-corrected chi connectivity index (χ0v) is 13.8. The van der Waals surface area contributed by atoms with Gasteiger partial charge in [0.1, 0.15) is 0 Å². The summed E-state index contributed by atoms with van der Waals surface area (Å²) in [5.74, 6) is 0.231. The molecule has 0 N–H and O–H groups in total. The molecule has 0 aliphatic carbocycles. The van der Waals surface area contributed by atoms with Gasteiger partial charge in [-0.15, -0.1) is 0 Å². The number of ketones is 1. The second kappa shape index (κ2) is 6.81. The third kappa shape index (κ3) is 4.26. The fourth-order valence-electron chi connectivity index (χ4n) is 2.37. The van der Waals surface area contributed by atoms with Crippen molar-refractivity contribution in [2.24, 2.45) is 0 Å². The molecule has 1 saturated heterocycles. The van der Waals surface area contributed by atoms with E-state index in [4.69, 9.17) is 0 Å². The van der Waals surface area contributed by atoms with Gasteiger partial charge in [0.05, 0.1) is 6.54 Å². The molecule has 0 amide bonds. The van der Waals surface area contributed by atoms with E-state index in [-0.39, 0.29) is 5.78 Å². The van der Waals surface area contributed by atoms with Crippen molar-refractivity contribution in [3.8, 4) is 0 Å². The monoisotopic (exact) mass is 372 g/mol. The minimum Gasteiger partial charge on any atom is -0.298 e. The van der Waals surface area contributed by atoms with Gasteiger partial charge in [0.15, 0.2) is 5.78 Å². The Morgan fingerprint density at radius 1 is 1.16 bits per heavy atom. The van der Waals surface area contributed by atoms with Crippen LogP contribution in [0.4, 0.5) is 0 Å². The quantitative estimate of drug-likeness (QED) is 0.600. The van der Waals surface area contributed by atoms with Crippen LogP contribution in [0, 0.1) is 3.57 Å². The molecule has 1 fully saturated rings. The van der Waals surface area contributed by atoms with Crippen molar-refractivity contribution >= 4 is 28.4 Å². The average Bonchev–Trinajstić information content (AvgIpc) is 2.40. The van der Waals surface area contributed by atoms with Crippen LogP contribution < -0.4 is 0 Å². The molecule has 0 radical (unpaired) electrons. The summed E-state index contributed by atoms with van der Waals surface area (Å²) in [4.78, 5) is 16.9. The van der Waals surface area contributed by atoms with Gasteiger partial charge < -0.3 is 0 Å². The Bertz CT molecular complexity index is 422. The molecule has 3 nitrogen and oxygen atoms in total. The van der Waals surface area contributed by atoms with Crippen molar-refractivity contribution in [2.45, 2.75) is 19.9 Å². The Hall–Kier alpha value is -0.460. The van der Waals surface area contributed by atoms with E-state index in [1.807, 2.05) is 24.3 Å². The molecule has 1 aliphatic rings. The van der Waals surface area contributed by atoms with Crippen LogP contribution in [0.3, 0.4) is 0 Å². The highest BCUT2D eigenvalue weighted by molar-refractivity contribution is 14.1. The fourth-order valence-corrected chi connectivity index (χ4v) is 2.73. The van der Waals surface area contributed by atoms with E-state index in [0.29, 0.717) is 12.6 Å². The number of carbonyl (C=O) groups excluding carboxylic acids is 1. The number of hydrogen-bond acceptors (Lipinski definition) is 3. The lowest BCUT2D eigenvalue weighted by Crippen LogP contribution is -2.50. The van der Waals surface area contributed by atoms with Crippen LogP contribution in [0.15, 0.2) is 24.3 Å². The zero-order chi connectivity index (χ0) is 13.8. The van der Waals surface area contributed by atoms with E-state index in [1.165, 1.54) is 3.57 Å². The number of benzene rings is 1. The first-order chi connectivity index (χ1) is 9.06. The standard InChI is InChI=1S/C15H21IN2O/c1-12(2)18-9-7-17(8-10-18)11-15(19)13-3-5-14(16)6-4-13/h3-6,12H,7-11H2,1-2H3. The maximum atomic E-state index is 12.2. The van der Waals surface area contributed by atoms with Crippen LogP contribution in [-0.4, -0.2) is 54.3 Å².